The Kier molecular flexibility index (Phi) is 19.5. The average Bonchev–Trinajstić information content (AvgIpc) is 2.70. The average molecular weight is 487 g/mol. The number of alkyl halides is 3. The first-order valence-corrected chi connectivity index (χ1v) is 12.5. The molecule has 0 N–H and O–H groups in total. The number of hydrogen-bond acceptors (Lipinski definition) is 3. The molecule has 0 aliphatic heterocycles. The predicted molar refractivity (Wildman–Crippen MR) is 124 cm³/mol. The lowest BCUT2D eigenvalue weighted by Gasteiger charge is -2.35. The largest absolute Gasteiger partial charge is 0.389 e. The fraction of sp³-hybridized carbons (Fsp3) is 0.652. The lowest BCUT2D eigenvalue weighted by molar-refractivity contribution is -0.906. The molecule has 0 radical (unpaired) electrons. The van der Waals surface area contributed by atoms with E-state index in [2.05, 4.69) is 30.7 Å². The second-order valence-corrected chi connectivity index (χ2v) is 9.39. The van der Waals surface area contributed by atoms with Gasteiger partial charge < -0.3 is 4.48 Å². The first-order valence-electron chi connectivity index (χ1n) is 10.9. The molecule has 0 aliphatic carbocycles. The molecular weight excluding hydrogens is 446 g/mol. The van der Waals surface area contributed by atoms with Gasteiger partial charge in [-0.15, -0.1) is 0 Å². The predicted octanol–water partition coefficient (Wildman–Crippen LogP) is 6.84. The van der Waals surface area contributed by atoms with Crippen LogP contribution in [0.2, 0.25) is 0 Å². The molecule has 0 unspecified atom stereocenters. The summed E-state index contributed by atoms with van der Waals surface area (Å²) in [5.41, 5.74) is 0. The highest BCUT2D eigenvalue weighted by atomic mass is 32.2. The number of rotatable bonds is 19. The van der Waals surface area contributed by atoms with Crippen LogP contribution in [0.1, 0.15) is 57.8 Å². The standard InChI is InChI=1S/C12H20N.C11H20F4O3S/c1-5-9-13(10-6-2,11-7-3)12-8-4;12-11(13,14)9-7-5-3-1-2-4-6-8-10-19(16,17)18-15/h5-8H,1-4,9-12H2;1-10H2/q+1;. The summed E-state index contributed by atoms with van der Waals surface area (Å²) in [5, 5.41) is 0. The van der Waals surface area contributed by atoms with Crippen LogP contribution in [-0.4, -0.2) is 51.0 Å². The molecule has 9 heteroatoms. The van der Waals surface area contributed by atoms with E-state index in [1.807, 2.05) is 24.3 Å². The third kappa shape index (κ3) is 20.5. The Morgan fingerprint density at radius 2 is 1.03 bits per heavy atom. The minimum Gasteiger partial charge on any atom is -0.311 e. The summed E-state index contributed by atoms with van der Waals surface area (Å²) in [5.74, 6) is -0.338. The van der Waals surface area contributed by atoms with Gasteiger partial charge in [0.1, 0.15) is 0 Å². The van der Waals surface area contributed by atoms with Crippen molar-refractivity contribution in [3.8, 4) is 0 Å². The van der Waals surface area contributed by atoms with Gasteiger partial charge in [0.25, 0.3) is 10.1 Å². The summed E-state index contributed by atoms with van der Waals surface area (Å²) in [6.07, 6.45) is 7.90. The van der Waals surface area contributed by atoms with Crippen molar-refractivity contribution < 1.29 is 35.0 Å². The van der Waals surface area contributed by atoms with E-state index in [-0.39, 0.29) is 12.2 Å². The Hall–Kier alpha value is -1.45. The summed E-state index contributed by atoms with van der Waals surface area (Å²) in [4.78, 5) is 0. The Balaban J connectivity index is 0. The number of halogens is 4. The van der Waals surface area contributed by atoms with Crippen molar-refractivity contribution in [2.75, 3.05) is 31.9 Å². The van der Waals surface area contributed by atoms with Crippen LogP contribution in [-0.2, 0) is 14.5 Å². The fourth-order valence-corrected chi connectivity index (χ4v) is 3.86. The van der Waals surface area contributed by atoms with Crippen molar-refractivity contribution in [3.05, 3.63) is 50.6 Å². The summed E-state index contributed by atoms with van der Waals surface area (Å²) in [7, 11) is -4.01. The van der Waals surface area contributed by atoms with E-state index >= 15 is 0 Å². The molecule has 0 aromatic rings. The molecule has 4 nitrogen and oxygen atoms in total. The van der Waals surface area contributed by atoms with Crippen molar-refractivity contribution >= 4 is 10.1 Å². The van der Waals surface area contributed by atoms with E-state index in [0.717, 1.165) is 56.3 Å². The molecule has 0 saturated carbocycles. The number of hydrogen-bond donors (Lipinski definition) is 0. The van der Waals surface area contributed by atoms with Crippen LogP contribution in [0.4, 0.5) is 17.7 Å². The van der Waals surface area contributed by atoms with E-state index in [9.17, 15) is 26.1 Å². The topological polar surface area (TPSA) is 43.4 Å². The highest BCUT2D eigenvalue weighted by Gasteiger charge is 2.25. The Morgan fingerprint density at radius 1 is 0.688 bits per heavy atom. The molecule has 0 spiro atoms. The number of nitrogens with zero attached hydrogens (tertiary/aromatic N) is 1. The van der Waals surface area contributed by atoms with Crippen LogP contribution in [0.5, 0.6) is 0 Å². The van der Waals surface area contributed by atoms with Crippen LogP contribution < -0.4 is 0 Å². The maximum Gasteiger partial charge on any atom is 0.389 e. The second kappa shape index (κ2) is 19.1. The van der Waals surface area contributed by atoms with Gasteiger partial charge in [0.05, 0.1) is 31.9 Å². The number of unbranched alkanes of at least 4 members (excludes halogenated alkanes) is 7. The summed E-state index contributed by atoms with van der Waals surface area (Å²) >= 11 is 0. The summed E-state index contributed by atoms with van der Waals surface area (Å²) in [6.45, 7) is 18.8. The first kappa shape index (κ1) is 32.7. The lowest BCUT2D eigenvalue weighted by Crippen LogP contribution is -2.48. The van der Waals surface area contributed by atoms with Crippen LogP contribution >= 0.6 is 0 Å². The summed E-state index contributed by atoms with van der Waals surface area (Å²) < 4.78 is 71.8. The molecule has 0 bridgehead atoms. The van der Waals surface area contributed by atoms with Gasteiger partial charge in [-0.25, -0.2) is 0 Å². The smallest absolute Gasteiger partial charge is 0.311 e. The van der Waals surface area contributed by atoms with Gasteiger partial charge in [-0.1, -0.05) is 69.2 Å². The maximum absolute atomic E-state index is 11.8. The van der Waals surface area contributed by atoms with Gasteiger partial charge >= 0.3 is 6.18 Å². The van der Waals surface area contributed by atoms with Crippen molar-refractivity contribution in [3.63, 3.8) is 0 Å². The quantitative estimate of drug-likeness (QED) is 0.0869. The van der Waals surface area contributed by atoms with Crippen LogP contribution in [0.25, 0.3) is 0 Å². The lowest BCUT2D eigenvalue weighted by atomic mass is 10.1. The van der Waals surface area contributed by atoms with Gasteiger partial charge in [0.2, 0.25) is 0 Å². The van der Waals surface area contributed by atoms with Crippen molar-refractivity contribution in [2.24, 2.45) is 0 Å². The van der Waals surface area contributed by atoms with E-state index in [1.54, 1.807) is 0 Å². The number of quaternary nitrogens is 1. The molecule has 0 saturated heterocycles. The molecular formula is C23H40F4NO3S+. The van der Waals surface area contributed by atoms with Gasteiger partial charge in [-0.05, 0) is 41.7 Å². The highest BCUT2D eigenvalue weighted by molar-refractivity contribution is 7.86. The molecule has 188 valence electrons. The van der Waals surface area contributed by atoms with Crippen LogP contribution in [0.15, 0.2) is 50.6 Å². The minimum atomic E-state index is -4.07. The third-order valence-corrected chi connectivity index (χ3v) is 5.75. The molecule has 0 fully saturated rings. The SMILES string of the molecule is C=CC[N+](CC=C)(CC=C)CC=C.O=S(=O)(CCCCCCCCCCC(F)(F)F)OF. The molecule has 0 aromatic heterocycles. The van der Waals surface area contributed by atoms with E-state index in [4.69, 9.17) is 0 Å². The summed E-state index contributed by atoms with van der Waals surface area (Å²) in [6, 6.07) is 0. The zero-order chi connectivity index (χ0) is 24.9. The Morgan fingerprint density at radius 3 is 1.34 bits per heavy atom. The Bertz CT molecular complexity index is 574. The van der Waals surface area contributed by atoms with E-state index < -0.39 is 22.7 Å². The van der Waals surface area contributed by atoms with Crippen LogP contribution in [0, 0.1) is 0 Å². The van der Waals surface area contributed by atoms with E-state index in [1.165, 1.54) is 0 Å². The maximum atomic E-state index is 11.8. The van der Waals surface area contributed by atoms with E-state index in [0.29, 0.717) is 19.3 Å². The molecule has 0 atom stereocenters. The molecule has 0 rings (SSSR count). The normalized spacial score (nSPS) is 11.9. The van der Waals surface area contributed by atoms with Gasteiger partial charge in [0, 0.05) is 6.42 Å². The molecule has 0 amide bonds. The van der Waals surface area contributed by atoms with Crippen LogP contribution in [0.3, 0.4) is 0 Å². The third-order valence-electron chi connectivity index (χ3n) is 4.77. The molecule has 0 heterocycles. The minimum absolute atomic E-state index is 0.162. The zero-order valence-corrected chi connectivity index (χ0v) is 19.9. The molecule has 0 aliphatic rings. The van der Waals surface area contributed by atoms with Crippen molar-refractivity contribution in [1.82, 2.24) is 0 Å². The monoisotopic (exact) mass is 486 g/mol. The fourth-order valence-electron chi connectivity index (χ4n) is 3.24. The second-order valence-electron chi connectivity index (χ2n) is 7.75. The molecule has 0 aromatic carbocycles. The van der Waals surface area contributed by atoms with Crippen molar-refractivity contribution in [2.45, 2.75) is 64.0 Å². The van der Waals surface area contributed by atoms with Gasteiger partial charge in [0.15, 0.2) is 0 Å². The van der Waals surface area contributed by atoms with Gasteiger partial charge in [-0.2, -0.15) is 21.6 Å². The first-order chi connectivity index (χ1) is 15.0. The zero-order valence-electron chi connectivity index (χ0n) is 19.1. The van der Waals surface area contributed by atoms with Crippen molar-refractivity contribution in [1.29, 1.82) is 0 Å². The highest BCUT2D eigenvalue weighted by Crippen LogP contribution is 2.23. The Labute approximate surface area is 191 Å². The van der Waals surface area contributed by atoms with Gasteiger partial charge in [-0.3, -0.25) is 0 Å². The molecule has 32 heavy (non-hydrogen) atoms.